The van der Waals surface area contributed by atoms with Crippen molar-refractivity contribution in [1.82, 2.24) is 20.2 Å². The molecule has 1 fully saturated rings. The zero-order valence-electron chi connectivity index (χ0n) is 11.8. The van der Waals surface area contributed by atoms with Crippen LogP contribution in [0.2, 0.25) is 0 Å². The van der Waals surface area contributed by atoms with E-state index in [-0.39, 0.29) is 0 Å². The van der Waals surface area contributed by atoms with Gasteiger partial charge in [-0.25, -0.2) is 5.84 Å². The predicted molar refractivity (Wildman–Crippen MR) is 79.1 cm³/mol. The summed E-state index contributed by atoms with van der Waals surface area (Å²) in [6.07, 6.45) is 5.47. The molecule has 2 heterocycles. The van der Waals surface area contributed by atoms with Crippen LogP contribution in [0.1, 0.15) is 33.1 Å². The monoisotopic (exact) mass is 275 g/mol. The Morgan fingerprint density at radius 2 is 2.15 bits per heavy atom. The lowest BCUT2D eigenvalue weighted by Crippen LogP contribution is -2.35. The summed E-state index contributed by atoms with van der Waals surface area (Å²) in [7, 11) is 0. The van der Waals surface area contributed by atoms with Crippen molar-refractivity contribution in [3.05, 3.63) is 6.20 Å². The summed E-state index contributed by atoms with van der Waals surface area (Å²) in [5, 5.41) is 11.3. The SMILES string of the molecule is CC1CCCC(Nc2nc(NN)nc3[nH]ncc23)C1C. The van der Waals surface area contributed by atoms with Gasteiger partial charge in [0.1, 0.15) is 5.82 Å². The van der Waals surface area contributed by atoms with Crippen LogP contribution in [0.3, 0.4) is 0 Å². The highest BCUT2D eigenvalue weighted by Crippen LogP contribution is 2.32. The fourth-order valence-corrected chi connectivity index (χ4v) is 2.97. The van der Waals surface area contributed by atoms with E-state index in [1.165, 1.54) is 19.3 Å². The Kier molecular flexibility index (Phi) is 3.43. The van der Waals surface area contributed by atoms with E-state index in [1.54, 1.807) is 6.20 Å². The molecule has 7 heteroatoms. The first-order valence-electron chi connectivity index (χ1n) is 7.13. The molecule has 2 aromatic rings. The number of nitrogens with one attached hydrogen (secondary N) is 3. The van der Waals surface area contributed by atoms with E-state index in [0.29, 0.717) is 23.6 Å². The van der Waals surface area contributed by atoms with Crippen LogP contribution in [0.4, 0.5) is 11.8 Å². The summed E-state index contributed by atoms with van der Waals surface area (Å²) in [6.45, 7) is 4.62. The first kappa shape index (κ1) is 13.1. The molecule has 0 aliphatic heterocycles. The van der Waals surface area contributed by atoms with E-state index >= 15 is 0 Å². The van der Waals surface area contributed by atoms with Gasteiger partial charge in [0.2, 0.25) is 5.95 Å². The van der Waals surface area contributed by atoms with Crippen LogP contribution in [0.5, 0.6) is 0 Å². The molecule has 20 heavy (non-hydrogen) atoms. The second-order valence-electron chi connectivity index (χ2n) is 5.69. The number of nitrogens with two attached hydrogens (primary N) is 1. The lowest BCUT2D eigenvalue weighted by Gasteiger charge is -2.35. The van der Waals surface area contributed by atoms with Crippen molar-refractivity contribution in [2.24, 2.45) is 17.7 Å². The molecule has 0 radical (unpaired) electrons. The third kappa shape index (κ3) is 2.29. The summed E-state index contributed by atoms with van der Waals surface area (Å²) >= 11 is 0. The molecule has 3 rings (SSSR count). The Hall–Kier alpha value is -1.89. The molecule has 0 saturated heterocycles. The zero-order valence-corrected chi connectivity index (χ0v) is 11.8. The zero-order chi connectivity index (χ0) is 14.1. The maximum atomic E-state index is 5.42. The van der Waals surface area contributed by atoms with Crippen molar-refractivity contribution >= 4 is 22.8 Å². The number of aromatic nitrogens is 4. The second-order valence-corrected chi connectivity index (χ2v) is 5.69. The number of rotatable bonds is 3. The number of H-pyrrole nitrogens is 1. The number of aromatic amines is 1. The van der Waals surface area contributed by atoms with Crippen LogP contribution in [-0.4, -0.2) is 26.2 Å². The van der Waals surface area contributed by atoms with Crippen molar-refractivity contribution in [3.8, 4) is 0 Å². The minimum atomic E-state index is 0.390. The van der Waals surface area contributed by atoms with Crippen molar-refractivity contribution in [1.29, 1.82) is 0 Å². The number of nitrogen functional groups attached to an aromatic ring is 1. The van der Waals surface area contributed by atoms with Crippen molar-refractivity contribution in [3.63, 3.8) is 0 Å². The summed E-state index contributed by atoms with van der Waals surface area (Å²) < 4.78 is 0. The van der Waals surface area contributed by atoms with Crippen molar-refractivity contribution in [2.75, 3.05) is 10.7 Å². The van der Waals surface area contributed by atoms with Gasteiger partial charge >= 0.3 is 0 Å². The molecule has 1 aliphatic carbocycles. The molecular formula is C13H21N7. The largest absolute Gasteiger partial charge is 0.366 e. The maximum absolute atomic E-state index is 5.42. The van der Waals surface area contributed by atoms with Gasteiger partial charge in [-0.2, -0.15) is 15.1 Å². The summed E-state index contributed by atoms with van der Waals surface area (Å²) in [6, 6.07) is 0.428. The minimum absolute atomic E-state index is 0.390. The van der Waals surface area contributed by atoms with E-state index in [1.807, 2.05) is 0 Å². The molecule has 1 saturated carbocycles. The number of nitrogens with zero attached hydrogens (tertiary/aromatic N) is 3. The van der Waals surface area contributed by atoms with Gasteiger partial charge in [-0.3, -0.25) is 10.5 Å². The van der Waals surface area contributed by atoms with Gasteiger partial charge in [0, 0.05) is 6.04 Å². The summed E-state index contributed by atoms with van der Waals surface area (Å²) in [5.41, 5.74) is 3.18. The fraction of sp³-hybridized carbons (Fsp3) is 0.615. The molecule has 2 aromatic heterocycles. The smallest absolute Gasteiger partial charge is 0.241 e. The third-order valence-electron chi connectivity index (χ3n) is 4.47. The lowest BCUT2D eigenvalue weighted by molar-refractivity contribution is 0.253. The molecule has 7 nitrogen and oxygen atoms in total. The average molecular weight is 275 g/mol. The molecule has 0 bridgehead atoms. The van der Waals surface area contributed by atoms with Crippen molar-refractivity contribution < 1.29 is 0 Å². The van der Waals surface area contributed by atoms with Gasteiger partial charge in [-0.15, -0.1) is 0 Å². The highest BCUT2D eigenvalue weighted by Gasteiger charge is 2.27. The Morgan fingerprint density at radius 3 is 2.95 bits per heavy atom. The molecule has 5 N–H and O–H groups in total. The predicted octanol–water partition coefficient (Wildman–Crippen LogP) is 1.88. The summed E-state index contributed by atoms with van der Waals surface area (Å²) in [5.74, 6) is 7.96. The molecular weight excluding hydrogens is 254 g/mol. The van der Waals surface area contributed by atoms with Crippen LogP contribution >= 0.6 is 0 Å². The molecule has 3 atom stereocenters. The first-order valence-corrected chi connectivity index (χ1v) is 7.13. The van der Waals surface area contributed by atoms with E-state index in [2.05, 4.69) is 44.8 Å². The molecule has 1 aliphatic rings. The number of fused-ring (bicyclic) bond motifs is 1. The highest BCUT2D eigenvalue weighted by molar-refractivity contribution is 5.87. The molecule has 0 aromatic carbocycles. The number of hydrogen-bond acceptors (Lipinski definition) is 6. The van der Waals surface area contributed by atoms with E-state index in [9.17, 15) is 0 Å². The average Bonchev–Trinajstić information content (AvgIpc) is 2.92. The number of anilines is 2. The van der Waals surface area contributed by atoms with Crippen LogP contribution < -0.4 is 16.6 Å². The number of hydrazine groups is 1. The van der Waals surface area contributed by atoms with E-state index in [0.717, 1.165) is 17.1 Å². The second kappa shape index (κ2) is 5.24. The minimum Gasteiger partial charge on any atom is -0.366 e. The fourth-order valence-electron chi connectivity index (χ4n) is 2.97. The van der Waals surface area contributed by atoms with Gasteiger partial charge in [0.15, 0.2) is 5.65 Å². The van der Waals surface area contributed by atoms with E-state index in [4.69, 9.17) is 5.84 Å². The molecule has 0 amide bonds. The molecule has 108 valence electrons. The molecule has 0 spiro atoms. The Bertz CT molecular complexity index is 593. The maximum Gasteiger partial charge on any atom is 0.241 e. The van der Waals surface area contributed by atoms with Gasteiger partial charge in [0.25, 0.3) is 0 Å². The van der Waals surface area contributed by atoms with Crippen LogP contribution in [-0.2, 0) is 0 Å². The van der Waals surface area contributed by atoms with Gasteiger partial charge in [-0.1, -0.05) is 26.7 Å². The highest BCUT2D eigenvalue weighted by atomic mass is 15.3. The van der Waals surface area contributed by atoms with Gasteiger partial charge in [0.05, 0.1) is 11.6 Å². The van der Waals surface area contributed by atoms with Crippen LogP contribution in [0.25, 0.3) is 11.0 Å². The van der Waals surface area contributed by atoms with Crippen LogP contribution in [0.15, 0.2) is 6.20 Å². The Labute approximate surface area is 117 Å². The first-order chi connectivity index (χ1) is 9.69. The summed E-state index contributed by atoms with van der Waals surface area (Å²) in [4.78, 5) is 8.66. The molecule has 3 unspecified atom stereocenters. The Balaban J connectivity index is 1.91. The van der Waals surface area contributed by atoms with Gasteiger partial charge in [-0.05, 0) is 18.3 Å². The van der Waals surface area contributed by atoms with Crippen LogP contribution in [0, 0.1) is 11.8 Å². The van der Waals surface area contributed by atoms with Crippen molar-refractivity contribution in [2.45, 2.75) is 39.2 Å². The topological polar surface area (TPSA) is 105 Å². The quantitative estimate of drug-likeness (QED) is 0.503. The standard InChI is InChI=1S/C13H21N7/c1-7-4-3-5-10(8(7)2)16-11-9-6-15-20-12(9)18-13(17-11)19-14/h6-8,10H,3-5,14H2,1-2H3,(H3,15,16,17,18,19,20). The third-order valence-corrected chi connectivity index (χ3v) is 4.47. The Morgan fingerprint density at radius 1 is 1.30 bits per heavy atom. The normalized spacial score (nSPS) is 26.6. The van der Waals surface area contributed by atoms with Gasteiger partial charge < -0.3 is 5.32 Å². The van der Waals surface area contributed by atoms with E-state index < -0.39 is 0 Å². The number of hydrogen-bond donors (Lipinski definition) is 4. The lowest BCUT2D eigenvalue weighted by atomic mass is 9.78.